The van der Waals surface area contributed by atoms with Crippen molar-refractivity contribution in [2.24, 2.45) is 11.1 Å². The third-order valence-electron chi connectivity index (χ3n) is 3.39. The summed E-state index contributed by atoms with van der Waals surface area (Å²) in [5.74, 6) is 0.706. The Labute approximate surface area is 99.8 Å². The minimum Gasteiger partial charge on any atom is -0.441 e. The molecule has 17 heavy (non-hydrogen) atoms. The van der Waals surface area contributed by atoms with Crippen LogP contribution in [0.1, 0.15) is 11.5 Å². The molecule has 0 amide bonds. The van der Waals surface area contributed by atoms with Crippen LogP contribution in [-0.2, 0) is 11.2 Å². The maximum atomic E-state index is 5.82. The summed E-state index contributed by atoms with van der Waals surface area (Å²) in [5, 5.41) is 0. The lowest BCUT2D eigenvalue weighted by Gasteiger charge is -2.40. The highest BCUT2D eigenvalue weighted by molar-refractivity contribution is 5.73. The molecule has 1 aliphatic rings. The Morgan fingerprint density at radius 3 is 2.88 bits per heavy atom. The standard InChI is InChI=1S/C13H16N2O2/c1-9-15-11-3-2-10(4-12(11)17-9)5-13(6-14)7-16-8-13/h2-4H,5-8,14H2,1H3. The molecular weight excluding hydrogens is 216 g/mol. The van der Waals surface area contributed by atoms with Gasteiger partial charge in [0.15, 0.2) is 11.5 Å². The van der Waals surface area contributed by atoms with Crippen molar-refractivity contribution in [3.8, 4) is 0 Å². The molecule has 90 valence electrons. The summed E-state index contributed by atoms with van der Waals surface area (Å²) in [6.45, 7) is 4.05. The fourth-order valence-electron chi connectivity index (χ4n) is 2.31. The normalized spacial score (nSPS) is 18.2. The van der Waals surface area contributed by atoms with Crippen LogP contribution < -0.4 is 5.73 Å². The van der Waals surface area contributed by atoms with E-state index in [9.17, 15) is 0 Å². The van der Waals surface area contributed by atoms with E-state index >= 15 is 0 Å². The van der Waals surface area contributed by atoms with Crippen LogP contribution in [0.25, 0.3) is 11.1 Å². The first-order valence-electron chi connectivity index (χ1n) is 5.85. The molecule has 0 saturated carbocycles. The Bertz CT molecular complexity index is 538. The van der Waals surface area contributed by atoms with Gasteiger partial charge in [-0.3, -0.25) is 0 Å². The average molecular weight is 232 g/mol. The van der Waals surface area contributed by atoms with Crippen molar-refractivity contribution in [2.75, 3.05) is 19.8 Å². The van der Waals surface area contributed by atoms with E-state index in [0.29, 0.717) is 12.4 Å². The van der Waals surface area contributed by atoms with Gasteiger partial charge < -0.3 is 14.9 Å². The van der Waals surface area contributed by atoms with Crippen LogP contribution in [0.2, 0.25) is 0 Å². The number of hydrogen-bond acceptors (Lipinski definition) is 4. The zero-order valence-corrected chi connectivity index (χ0v) is 9.90. The van der Waals surface area contributed by atoms with Crippen molar-refractivity contribution in [3.05, 3.63) is 29.7 Å². The Balaban J connectivity index is 1.90. The number of benzene rings is 1. The predicted octanol–water partition coefficient (Wildman–Crippen LogP) is 1.65. The molecule has 2 heterocycles. The number of oxazole rings is 1. The number of nitrogens with zero attached hydrogens (tertiary/aromatic N) is 1. The second-order valence-corrected chi connectivity index (χ2v) is 4.91. The van der Waals surface area contributed by atoms with E-state index in [0.717, 1.165) is 30.7 Å². The minimum absolute atomic E-state index is 0.128. The van der Waals surface area contributed by atoms with Crippen LogP contribution in [0.15, 0.2) is 22.6 Å². The predicted molar refractivity (Wildman–Crippen MR) is 64.8 cm³/mol. The molecule has 1 saturated heterocycles. The van der Waals surface area contributed by atoms with Gasteiger partial charge in [0.25, 0.3) is 0 Å². The van der Waals surface area contributed by atoms with Gasteiger partial charge in [0.2, 0.25) is 0 Å². The summed E-state index contributed by atoms with van der Waals surface area (Å²) < 4.78 is 10.8. The zero-order valence-electron chi connectivity index (χ0n) is 9.90. The van der Waals surface area contributed by atoms with E-state index < -0.39 is 0 Å². The van der Waals surface area contributed by atoms with Crippen molar-refractivity contribution in [1.29, 1.82) is 0 Å². The van der Waals surface area contributed by atoms with Crippen molar-refractivity contribution in [3.63, 3.8) is 0 Å². The van der Waals surface area contributed by atoms with Gasteiger partial charge >= 0.3 is 0 Å². The molecule has 4 nitrogen and oxygen atoms in total. The summed E-state index contributed by atoms with van der Waals surface area (Å²) in [7, 11) is 0. The van der Waals surface area contributed by atoms with E-state index in [1.165, 1.54) is 5.56 Å². The van der Waals surface area contributed by atoms with Crippen LogP contribution in [0.5, 0.6) is 0 Å². The highest BCUT2D eigenvalue weighted by atomic mass is 16.5. The minimum atomic E-state index is 0.128. The number of ether oxygens (including phenoxy) is 1. The van der Waals surface area contributed by atoms with Crippen LogP contribution in [-0.4, -0.2) is 24.7 Å². The molecule has 4 heteroatoms. The molecule has 1 aromatic heterocycles. The molecule has 0 atom stereocenters. The van der Waals surface area contributed by atoms with Gasteiger partial charge in [0, 0.05) is 18.9 Å². The molecule has 0 unspecified atom stereocenters. The molecule has 0 spiro atoms. The Hall–Kier alpha value is -1.39. The van der Waals surface area contributed by atoms with Gasteiger partial charge in [-0.25, -0.2) is 4.98 Å². The molecule has 0 aliphatic carbocycles. The first-order chi connectivity index (χ1) is 8.21. The molecule has 2 N–H and O–H groups in total. The molecule has 0 radical (unpaired) electrons. The summed E-state index contributed by atoms with van der Waals surface area (Å²) in [6.07, 6.45) is 0.944. The first-order valence-corrected chi connectivity index (χ1v) is 5.85. The zero-order chi connectivity index (χ0) is 11.9. The summed E-state index contributed by atoms with van der Waals surface area (Å²) in [5.41, 5.74) is 8.95. The monoisotopic (exact) mass is 232 g/mol. The maximum absolute atomic E-state index is 5.82. The van der Waals surface area contributed by atoms with E-state index in [2.05, 4.69) is 17.1 Å². The van der Waals surface area contributed by atoms with Crippen molar-refractivity contribution in [2.45, 2.75) is 13.3 Å². The Morgan fingerprint density at radius 2 is 2.24 bits per heavy atom. The van der Waals surface area contributed by atoms with Crippen molar-refractivity contribution >= 4 is 11.1 Å². The van der Waals surface area contributed by atoms with Gasteiger partial charge in [-0.15, -0.1) is 0 Å². The third-order valence-corrected chi connectivity index (χ3v) is 3.39. The number of aryl methyl sites for hydroxylation is 1. The van der Waals surface area contributed by atoms with Crippen LogP contribution in [0.3, 0.4) is 0 Å². The molecule has 2 aromatic rings. The summed E-state index contributed by atoms with van der Waals surface area (Å²) in [6, 6.07) is 6.16. The van der Waals surface area contributed by atoms with Gasteiger partial charge in [-0.2, -0.15) is 0 Å². The average Bonchev–Trinajstić information content (AvgIpc) is 2.63. The largest absolute Gasteiger partial charge is 0.441 e. The highest BCUT2D eigenvalue weighted by Gasteiger charge is 2.37. The lowest BCUT2D eigenvalue weighted by atomic mass is 9.80. The molecule has 1 aromatic carbocycles. The van der Waals surface area contributed by atoms with E-state index in [1.807, 2.05) is 13.0 Å². The van der Waals surface area contributed by atoms with E-state index in [-0.39, 0.29) is 5.41 Å². The lowest BCUT2D eigenvalue weighted by Crippen LogP contribution is -2.49. The number of hydrogen-bond donors (Lipinski definition) is 1. The highest BCUT2D eigenvalue weighted by Crippen LogP contribution is 2.31. The molecular formula is C13H16N2O2. The lowest BCUT2D eigenvalue weighted by molar-refractivity contribution is -0.106. The SMILES string of the molecule is Cc1nc2ccc(CC3(CN)COC3)cc2o1. The number of fused-ring (bicyclic) bond motifs is 1. The van der Waals surface area contributed by atoms with Gasteiger partial charge in [0.05, 0.1) is 13.2 Å². The number of rotatable bonds is 3. The van der Waals surface area contributed by atoms with E-state index in [4.69, 9.17) is 14.9 Å². The molecule has 0 bridgehead atoms. The first kappa shape index (κ1) is 10.7. The Morgan fingerprint density at radius 1 is 1.41 bits per heavy atom. The quantitative estimate of drug-likeness (QED) is 0.874. The maximum Gasteiger partial charge on any atom is 0.192 e. The fraction of sp³-hybridized carbons (Fsp3) is 0.462. The fourth-order valence-corrected chi connectivity index (χ4v) is 2.31. The Kier molecular flexibility index (Phi) is 2.42. The topological polar surface area (TPSA) is 61.3 Å². The smallest absolute Gasteiger partial charge is 0.192 e. The van der Waals surface area contributed by atoms with Gasteiger partial charge in [0.1, 0.15) is 5.52 Å². The van der Waals surface area contributed by atoms with Crippen molar-refractivity contribution < 1.29 is 9.15 Å². The second-order valence-electron chi connectivity index (χ2n) is 4.91. The number of aromatic nitrogens is 1. The second kappa shape index (κ2) is 3.82. The van der Waals surface area contributed by atoms with Gasteiger partial charge in [-0.1, -0.05) is 6.07 Å². The van der Waals surface area contributed by atoms with Gasteiger partial charge in [-0.05, 0) is 24.1 Å². The molecule has 1 fully saturated rings. The number of nitrogens with two attached hydrogens (primary N) is 1. The molecule has 1 aliphatic heterocycles. The van der Waals surface area contributed by atoms with E-state index in [1.54, 1.807) is 0 Å². The third kappa shape index (κ3) is 1.83. The van der Waals surface area contributed by atoms with Crippen LogP contribution >= 0.6 is 0 Å². The molecule has 3 rings (SSSR count). The van der Waals surface area contributed by atoms with Crippen molar-refractivity contribution in [1.82, 2.24) is 4.98 Å². The summed E-state index contributed by atoms with van der Waals surface area (Å²) in [4.78, 5) is 4.29. The summed E-state index contributed by atoms with van der Waals surface area (Å²) >= 11 is 0. The van der Waals surface area contributed by atoms with Crippen LogP contribution in [0.4, 0.5) is 0 Å². The van der Waals surface area contributed by atoms with Crippen LogP contribution in [0, 0.1) is 12.3 Å².